The van der Waals surface area contributed by atoms with E-state index in [9.17, 15) is 4.79 Å². The Labute approximate surface area is 112 Å². The van der Waals surface area contributed by atoms with Crippen molar-refractivity contribution in [1.82, 2.24) is 14.6 Å². The Bertz CT molecular complexity index is 588. The fraction of sp³-hybridized carbons (Fsp3) is 0.364. The lowest BCUT2D eigenvalue weighted by Gasteiger charge is -2.19. The molecule has 0 bridgehead atoms. The summed E-state index contributed by atoms with van der Waals surface area (Å²) in [5.41, 5.74) is 0.674. The van der Waals surface area contributed by atoms with E-state index < -0.39 is 11.7 Å². The summed E-state index contributed by atoms with van der Waals surface area (Å²) < 4.78 is 7.51. The van der Waals surface area contributed by atoms with E-state index in [-0.39, 0.29) is 0 Å². The fourth-order valence-corrected chi connectivity index (χ4v) is 1.71. The summed E-state index contributed by atoms with van der Waals surface area (Å²) >= 11 is 3.32. The van der Waals surface area contributed by atoms with Gasteiger partial charge >= 0.3 is 6.09 Å². The lowest BCUT2D eigenvalue weighted by atomic mass is 10.2. The summed E-state index contributed by atoms with van der Waals surface area (Å²) in [5.74, 6) is 0. The zero-order valence-electron chi connectivity index (χ0n) is 10.3. The van der Waals surface area contributed by atoms with Gasteiger partial charge in [-0.05, 0) is 36.7 Å². The Morgan fingerprint density at radius 1 is 1.44 bits per heavy atom. The molecule has 6 nitrogen and oxygen atoms in total. The maximum absolute atomic E-state index is 11.6. The van der Waals surface area contributed by atoms with Crippen molar-refractivity contribution in [3.63, 3.8) is 0 Å². The first-order chi connectivity index (χ1) is 8.35. The number of nitrogens with one attached hydrogen (secondary N) is 1. The maximum Gasteiger partial charge on any atom is 0.412 e. The number of rotatable bonds is 1. The minimum Gasteiger partial charge on any atom is -0.444 e. The van der Waals surface area contributed by atoms with Crippen LogP contribution >= 0.6 is 15.9 Å². The third-order valence-electron chi connectivity index (χ3n) is 1.96. The molecule has 0 aliphatic rings. The number of halogens is 1. The van der Waals surface area contributed by atoms with Crippen LogP contribution in [0, 0.1) is 0 Å². The zero-order valence-corrected chi connectivity index (χ0v) is 11.9. The number of amides is 1. The largest absolute Gasteiger partial charge is 0.444 e. The molecule has 1 N–H and O–H groups in total. The number of anilines is 1. The van der Waals surface area contributed by atoms with Crippen molar-refractivity contribution in [2.75, 3.05) is 5.32 Å². The average Bonchev–Trinajstić information content (AvgIpc) is 2.57. The van der Waals surface area contributed by atoms with Gasteiger partial charge in [0.15, 0.2) is 5.65 Å². The first-order valence-corrected chi connectivity index (χ1v) is 6.13. The number of hydrogen-bond acceptors (Lipinski definition) is 4. The van der Waals surface area contributed by atoms with Crippen molar-refractivity contribution in [1.29, 1.82) is 0 Å². The number of aromatic nitrogens is 3. The van der Waals surface area contributed by atoms with Crippen molar-refractivity contribution in [2.45, 2.75) is 26.4 Å². The second-order valence-electron chi connectivity index (χ2n) is 4.73. The Hall–Kier alpha value is -1.63. The van der Waals surface area contributed by atoms with E-state index in [0.717, 1.165) is 4.47 Å². The van der Waals surface area contributed by atoms with Crippen molar-refractivity contribution in [3.8, 4) is 0 Å². The van der Waals surface area contributed by atoms with Gasteiger partial charge in [0.1, 0.15) is 5.60 Å². The normalized spacial score (nSPS) is 11.6. The highest BCUT2D eigenvalue weighted by atomic mass is 79.9. The fourth-order valence-electron chi connectivity index (χ4n) is 1.33. The second-order valence-corrected chi connectivity index (χ2v) is 5.58. The van der Waals surface area contributed by atoms with Gasteiger partial charge in [0.2, 0.25) is 0 Å². The van der Waals surface area contributed by atoms with Gasteiger partial charge in [0.25, 0.3) is 0 Å². The molecule has 0 saturated carbocycles. The zero-order chi connectivity index (χ0) is 13.3. The van der Waals surface area contributed by atoms with Gasteiger partial charge in [-0.1, -0.05) is 0 Å². The van der Waals surface area contributed by atoms with Gasteiger partial charge in [-0.3, -0.25) is 5.32 Å². The highest BCUT2D eigenvalue weighted by Crippen LogP contribution is 2.17. The standard InChI is InChI=1S/C11H13BrN4O2/c1-11(2,3)18-10(17)15-7-4-13-9-8(12)5-14-16(9)6-7/h4-6H,1-3H3,(H,15,17). The lowest BCUT2D eigenvalue weighted by molar-refractivity contribution is 0.0636. The van der Waals surface area contributed by atoms with Crippen molar-refractivity contribution < 1.29 is 9.53 Å². The SMILES string of the molecule is CC(C)(C)OC(=O)Nc1cnc2c(Br)cnn2c1. The van der Waals surface area contributed by atoms with E-state index in [0.29, 0.717) is 11.3 Å². The predicted octanol–water partition coefficient (Wildman–Crippen LogP) is 2.84. The molecule has 1 amide bonds. The van der Waals surface area contributed by atoms with Crippen LogP contribution in [-0.2, 0) is 4.74 Å². The van der Waals surface area contributed by atoms with Gasteiger partial charge < -0.3 is 4.74 Å². The van der Waals surface area contributed by atoms with Crippen LogP contribution in [0.2, 0.25) is 0 Å². The summed E-state index contributed by atoms with van der Waals surface area (Å²) in [5, 5.41) is 6.68. The number of fused-ring (bicyclic) bond motifs is 1. The molecule has 2 aromatic rings. The van der Waals surface area contributed by atoms with Crippen LogP contribution in [0.3, 0.4) is 0 Å². The number of ether oxygens (including phenoxy) is 1. The summed E-state index contributed by atoms with van der Waals surface area (Å²) in [6, 6.07) is 0. The van der Waals surface area contributed by atoms with Crippen molar-refractivity contribution in [3.05, 3.63) is 23.1 Å². The molecule has 2 aromatic heterocycles. The minimum atomic E-state index is -0.531. The summed E-state index contributed by atoms with van der Waals surface area (Å²) in [6.45, 7) is 5.41. The molecule has 0 aromatic carbocycles. The van der Waals surface area contributed by atoms with Crippen LogP contribution in [-0.4, -0.2) is 26.3 Å². The topological polar surface area (TPSA) is 68.5 Å². The molecular formula is C11H13BrN4O2. The lowest BCUT2D eigenvalue weighted by Crippen LogP contribution is -2.27. The number of carbonyl (C=O) groups is 1. The van der Waals surface area contributed by atoms with Crippen LogP contribution < -0.4 is 5.32 Å². The molecule has 0 saturated heterocycles. The van der Waals surface area contributed by atoms with Crippen LogP contribution in [0.1, 0.15) is 20.8 Å². The molecule has 0 aliphatic carbocycles. The predicted molar refractivity (Wildman–Crippen MR) is 70.5 cm³/mol. The molecule has 0 fully saturated rings. The molecule has 2 heterocycles. The van der Waals surface area contributed by atoms with Crippen molar-refractivity contribution in [2.24, 2.45) is 0 Å². The van der Waals surface area contributed by atoms with E-state index in [1.807, 2.05) is 0 Å². The molecule has 0 unspecified atom stereocenters. The Kier molecular flexibility index (Phi) is 3.25. The van der Waals surface area contributed by atoms with E-state index in [2.05, 4.69) is 31.3 Å². The third kappa shape index (κ3) is 2.98. The molecule has 2 rings (SSSR count). The van der Waals surface area contributed by atoms with Gasteiger partial charge in [-0.25, -0.2) is 14.3 Å². The first-order valence-electron chi connectivity index (χ1n) is 5.34. The van der Waals surface area contributed by atoms with Gasteiger partial charge in [0.05, 0.1) is 28.8 Å². The Balaban J connectivity index is 2.15. The quantitative estimate of drug-likeness (QED) is 0.879. The second kappa shape index (κ2) is 4.56. The van der Waals surface area contributed by atoms with Crippen LogP contribution in [0.4, 0.5) is 10.5 Å². The molecule has 0 spiro atoms. The Morgan fingerprint density at radius 2 is 2.17 bits per heavy atom. The number of hydrogen-bond donors (Lipinski definition) is 1. The number of nitrogens with zero attached hydrogens (tertiary/aromatic N) is 3. The molecule has 0 radical (unpaired) electrons. The van der Waals surface area contributed by atoms with E-state index >= 15 is 0 Å². The number of carbonyl (C=O) groups excluding carboxylic acids is 1. The minimum absolute atomic E-state index is 0.519. The molecule has 0 aliphatic heterocycles. The highest BCUT2D eigenvalue weighted by Gasteiger charge is 2.16. The van der Waals surface area contributed by atoms with Crippen LogP contribution in [0.5, 0.6) is 0 Å². The Morgan fingerprint density at radius 3 is 2.83 bits per heavy atom. The third-order valence-corrected chi connectivity index (χ3v) is 2.52. The molecule has 7 heteroatoms. The summed E-state index contributed by atoms with van der Waals surface area (Å²) in [6.07, 6.45) is 4.33. The molecule has 18 heavy (non-hydrogen) atoms. The van der Waals surface area contributed by atoms with E-state index in [4.69, 9.17) is 4.74 Å². The molecule has 0 atom stereocenters. The van der Waals surface area contributed by atoms with E-state index in [1.165, 1.54) is 0 Å². The van der Waals surface area contributed by atoms with Gasteiger partial charge in [0, 0.05) is 0 Å². The molecule has 96 valence electrons. The van der Waals surface area contributed by atoms with Crippen LogP contribution in [0.15, 0.2) is 23.1 Å². The monoisotopic (exact) mass is 312 g/mol. The van der Waals surface area contributed by atoms with Gasteiger partial charge in [-0.15, -0.1) is 0 Å². The average molecular weight is 313 g/mol. The smallest absolute Gasteiger partial charge is 0.412 e. The first kappa shape index (κ1) is 12.8. The maximum atomic E-state index is 11.6. The van der Waals surface area contributed by atoms with Gasteiger partial charge in [-0.2, -0.15) is 5.10 Å². The van der Waals surface area contributed by atoms with Crippen molar-refractivity contribution >= 4 is 33.4 Å². The summed E-state index contributed by atoms with van der Waals surface area (Å²) in [4.78, 5) is 15.7. The van der Waals surface area contributed by atoms with E-state index in [1.54, 1.807) is 43.9 Å². The highest BCUT2D eigenvalue weighted by molar-refractivity contribution is 9.10. The molecular weight excluding hydrogens is 300 g/mol. The summed E-state index contributed by atoms with van der Waals surface area (Å²) in [7, 11) is 0. The van der Waals surface area contributed by atoms with Crippen LogP contribution in [0.25, 0.3) is 5.65 Å².